The lowest BCUT2D eigenvalue weighted by molar-refractivity contribution is -0.129. The Hall–Kier alpha value is -2.84. The molecule has 7 nitrogen and oxygen atoms in total. The van der Waals surface area contributed by atoms with Crippen LogP contribution in [0, 0.1) is 0 Å². The lowest BCUT2D eigenvalue weighted by Crippen LogP contribution is -2.32. The Bertz CT molecular complexity index is 1150. The number of aromatic nitrogens is 2. The fourth-order valence-corrected chi connectivity index (χ4v) is 5.06. The topological polar surface area (TPSA) is 92.5 Å². The molecule has 32 heavy (non-hydrogen) atoms. The molecule has 1 saturated heterocycles. The smallest absolute Gasteiger partial charge is 0.290 e. The van der Waals surface area contributed by atoms with E-state index >= 15 is 0 Å². The third-order valence-electron chi connectivity index (χ3n) is 5.16. The van der Waals surface area contributed by atoms with Gasteiger partial charge in [-0.15, -0.1) is 0 Å². The molecule has 3 aromatic rings. The van der Waals surface area contributed by atoms with E-state index in [0.29, 0.717) is 27.6 Å². The number of carbonyl (C=O) groups is 2. The molecule has 0 spiro atoms. The van der Waals surface area contributed by atoms with Crippen molar-refractivity contribution in [2.75, 3.05) is 13.1 Å². The van der Waals surface area contributed by atoms with Gasteiger partial charge in [0.2, 0.25) is 5.91 Å². The van der Waals surface area contributed by atoms with Crippen LogP contribution in [-0.4, -0.2) is 45.0 Å². The molecule has 0 aliphatic carbocycles. The van der Waals surface area contributed by atoms with Gasteiger partial charge in [0, 0.05) is 24.7 Å². The SMILES string of the molecule is CCn1c(SC(C(=O)N2CCCC2)c2ccccc2)nc2ccc(Cl)cc2c1=O.O=CO. The monoisotopic (exact) mass is 473 g/mol. The molecule has 1 aromatic heterocycles. The van der Waals surface area contributed by atoms with Crippen LogP contribution in [-0.2, 0) is 16.1 Å². The minimum Gasteiger partial charge on any atom is -0.483 e. The summed E-state index contributed by atoms with van der Waals surface area (Å²) in [6.45, 7) is 3.69. The highest BCUT2D eigenvalue weighted by atomic mass is 35.5. The van der Waals surface area contributed by atoms with Gasteiger partial charge >= 0.3 is 0 Å². The van der Waals surface area contributed by atoms with E-state index < -0.39 is 5.25 Å². The van der Waals surface area contributed by atoms with Crippen LogP contribution >= 0.6 is 23.4 Å². The number of carboxylic acid groups (broad SMARTS) is 1. The largest absolute Gasteiger partial charge is 0.483 e. The number of hydrogen-bond donors (Lipinski definition) is 1. The van der Waals surface area contributed by atoms with E-state index in [4.69, 9.17) is 26.5 Å². The predicted octanol–water partition coefficient (Wildman–Crippen LogP) is 4.23. The van der Waals surface area contributed by atoms with Crippen LogP contribution in [0.2, 0.25) is 5.02 Å². The summed E-state index contributed by atoms with van der Waals surface area (Å²) < 4.78 is 1.62. The van der Waals surface area contributed by atoms with Gasteiger partial charge in [0.05, 0.1) is 10.9 Å². The molecule has 9 heteroatoms. The van der Waals surface area contributed by atoms with Crippen LogP contribution in [0.3, 0.4) is 0 Å². The van der Waals surface area contributed by atoms with Crippen molar-refractivity contribution in [2.45, 2.75) is 36.7 Å². The maximum Gasteiger partial charge on any atom is 0.290 e. The first kappa shape index (κ1) is 23.8. The summed E-state index contributed by atoms with van der Waals surface area (Å²) in [6, 6.07) is 14.9. The number of halogens is 1. The van der Waals surface area contributed by atoms with Crippen LogP contribution in [0.15, 0.2) is 58.5 Å². The van der Waals surface area contributed by atoms with Gasteiger partial charge in [0.15, 0.2) is 5.16 Å². The van der Waals surface area contributed by atoms with Gasteiger partial charge in [0.25, 0.3) is 12.0 Å². The second-order valence-corrected chi connectivity index (χ2v) is 8.66. The summed E-state index contributed by atoms with van der Waals surface area (Å²) in [4.78, 5) is 41.3. The molecule has 2 aromatic carbocycles. The number of amides is 1. The molecule has 0 bridgehead atoms. The van der Waals surface area contributed by atoms with Gasteiger partial charge in [-0.25, -0.2) is 4.98 Å². The van der Waals surface area contributed by atoms with Crippen LogP contribution in [0.25, 0.3) is 10.9 Å². The lowest BCUT2D eigenvalue weighted by atomic mass is 10.1. The number of thioether (sulfide) groups is 1. The molecule has 1 fully saturated rings. The number of hydrogen-bond acceptors (Lipinski definition) is 5. The van der Waals surface area contributed by atoms with Gasteiger partial charge in [-0.05, 0) is 43.5 Å². The molecule has 2 heterocycles. The second-order valence-electron chi connectivity index (χ2n) is 7.15. The summed E-state index contributed by atoms with van der Waals surface area (Å²) in [5.74, 6) is 0.0757. The highest BCUT2D eigenvalue weighted by Crippen LogP contribution is 2.36. The van der Waals surface area contributed by atoms with Crippen molar-refractivity contribution in [3.05, 3.63) is 69.5 Å². The van der Waals surface area contributed by atoms with Crippen LogP contribution in [0.1, 0.15) is 30.6 Å². The van der Waals surface area contributed by atoms with E-state index in [1.165, 1.54) is 11.8 Å². The Morgan fingerprint density at radius 3 is 2.50 bits per heavy atom. The van der Waals surface area contributed by atoms with Crippen molar-refractivity contribution in [2.24, 2.45) is 0 Å². The Morgan fingerprint density at radius 1 is 1.22 bits per heavy atom. The Labute approximate surface area is 195 Å². The van der Waals surface area contributed by atoms with Crippen LogP contribution < -0.4 is 5.56 Å². The molecule has 0 radical (unpaired) electrons. The Morgan fingerprint density at radius 2 is 1.88 bits per heavy atom. The van der Waals surface area contributed by atoms with Crippen molar-refractivity contribution in [1.82, 2.24) is 14.5 Å². The van der Waals surface area contributed by atoms with Crippen molar-refractivity contribution < 1.29 is 14.7 Å². The number of fused-ring (bicyclic) bond motifs is 1. The molecule has 1 aliphatic heterocycles. The van der Waals surface area contributed by atoms with Gasteiger partial charge < -0.3 is 10.0 Å². The van der Waals surface area contributed by atoms with Gasteiger partial charge in [-0.2, -0.15) is 0 Å². The zero-order valence-electron chi connectivity index (χ0n) is 17.6. The number of rotatable bonds is 5. The summed E-state index contributed by atoms with van der Waals surface area (Å²) in [7, 11) is 0. The molecule has 4 rings (SSSR count). The van der Waals surface area contributed by atoms with Crippen molar-refractivity contribution in [1.29, 1.82) is 0 Å². The van der Waals surface area contributed by atoms with Gasteiger partial charge in [-0.3, -0.25) is 19.0 Å². The maximum absolute atomic E-state index is 13.3. The summed E-state index contributed by atoms with van der Waals surface area (Å²) in [6.07, 6.45) is 2.07. The van der Waals surface area contributed by atoms with E-state index in [0.717, 1.165) is 31.5 Å². The Kier molecular flexibility index (Phi) is 8.30. The summed E-state index contributed by atoms with van der Waals surface area (Å²) >= 11 is 7.42. The minimum absolute atomic E-state index is 0.0757. The number of likely N-dealkylation sites (tertiary alicyclic amines) is 1. The molecule has 1 atom stereocenters. The fraction of sp³-hybridized carbons (Fsp3) is 0.304. The molecular weight excluding hydrogens is 450 g/mol. The van der Waals surface area contributed by atoms with Crippen molar-refractivity contribution in [3.8, 4) is 0 Å². The third-order valence-corrected chi connectivity index (χ3v) is 6.63. The molecule has 1 N–H and O–H groups in total. The van der Waals surface area contributed by atoms with E-state index in [9.17, 15) is 9.59 Å². The van der Waals surface area contributed by atoms with Crippen molar-refractivity contribution >= 4 is 46.6 Å². The zero-order valence-corrected chi connectivity index (χ0v) is 19.2. The normalized spacial score (nSPS) is 14.0. The first-order valence-corrected chi connectivity index (χ1v) is 11.5. The second kappa shape index (κ2) is 11.2. The average Bonchev–Trinajstić information content (AvgIpc) is 3.34. The molecule has 168 valence electrons. The van der Waals surface area contributed by atoms with E-state index in [1.54, 1.807) is 22.8 Å². The number of benzene rings is 2. The van der Waals surface area contributed by atoms with Crippen LogP contribution in [0.4, 0.5) is 0 Å². The summed E-state index contributed by atoms with van der Waals surface area (Å²) in [5, 5.41) is 7.99. The highest BCUT2D eigenvalue weighted by Gasteiger charge is 2.30. The molecule has 0 saturated carbocycles. The molecule has 1 aliphatic rings. The first-order chi connectivity index (χ1) is 15.5. The highest BCUT2D eigenvalue weighted by molar-refractivity contribution is 8.00. The van der Waals surface area contributed by atoms with Crippen LogP contribution in [0.5, 0.6) is 0 Å². The molecule has 1 unspecified atom stereocenters. The first-order valence-electron chi connectivity index (χ1n) is 10.3. The van der Waals surface area contributed by atoms with Crippen molar-refractivity contribution in [3.63, 3.8) is 0 Å². The fourth-order valence-electron chi connectivity index (χ4n) is 3.64. The third kappa shape index (κ3) is 5.31. The molecular formula is C23H24ClN3O4S. The van der Waals surface area contributed by atoms with E-state index in [-0.39, 0.29) is 17.9 Å². The Balaban J connectivity index is 0.000000913. The summed E-state index contributed by atoms with van der Waals surface area (Å²) in [5.41, 5.74) is 1.37. The van der Waals surface area contributed by atoms with E-state index in [1.807, 2.05) is 42.2 Å². The minimum atomic E-state index is -0.441. The number of carbonyl (C=O) groups excluding carboxylic acids is 1. The van der Waals surface area contributed by atoms with E-state index in [2.05, 4.69) is 0 Å². The number of nitrogens with zero attached hydrogens (tertiary/aromatic N) is 3. The standard InChI is InChI=1S/C22H22ClN3O2S.CH2O2/c1-2-26-20(27)17-14-16(23)10-11-18(17)24-22(26)29-19(15-8-4-3-5-9-15)21(28)25-12-6-7-13-25;2-1-3/h3-5,8-11,14,19H,2,6-7,12-13H2,1H3;1H,(H,2,3). The van der Waals surface area contributed by atoms with Gasteiger partial charge in [-0.1, -0.05) is 53.7 Å². The zero-order chi connectivity index (χ0) is 23.1. The van der Waals surface area contributed by atoms with Gasteiger partial charge in [0.1, 0.15) is 5.25 Å². The predicted molar refractivity (Wildman–Crippen MR) is 126 cm³/mol. The average molecular weight is 474 g/mol. The molecule has 1 amide bonds. The lowest BCUT2D eigenvalue weighted by Gasteiger charge is -2.24. The maximum atomic E-state index is 13.3. The quantitative estimate of drug-likeness (QED) is 0.338.